The van der Waals surface area contributed by atoms with Gasteiger partial charge in [-0.25, -0.2) is 9.37 Å². The lowest BCUT2D eigenvalue weighted by atomic mass is 10.1. The van der Waals surface area contributed by atoms with Crippen molar-refractivity contribution < 1.29 is 9.13 Å². The molecule has 122 valence electrons. The summed E-state index contributed by atoms with van der Waals surface area (Å²) in [6, 6.07) is 13.3. The van der Waals surface area contributed by atoms with Gasteiger partial charge in [0.2, 0.25) is 0 Å². The van der Waals surface area contributed by atoms with E-state index in [-0.39, 0.29) is 18.2 Å². The molecule has 0 saturated carbocycles. The summed E-state index contributed by atoms with van der Waals surface area (Å²) in [6.07, 6.45) is 1.50. The molecule has 24 heavy (non-hydrogen) atoms. The second-order valence-electron chi connectivity index (χ2n) is 5.08. The maximum atomic E-state index is 13.9. The SMILES string of the molecule is Nc1ncc(-c2ccccc2F)cc1OCc1c(Cl)cccc1Cl. The van der Waals surface area contributed by atoms with Crippen molar-refractivity contribution in [2.24, 2.45) is 0 Å². The van der Waals surface area contributed by atoms with Crippen molar-refractivity contribution in [3.8, 4) is 16.9 Å². The van der Waals surface area contributed by atoms with E-state index in [0.29, 0.717) is 32.5 Å². The summed E-state index contributed by atoms with van der Waals surface area (Å²) in [5.41, 5.74) is 7.49. The van der Waals surface area contributed by atoms with Crippen LogP contribution in [-0.4, -0.2) is 4.98 Å². The number of rotatable bonds is 4. The third-order valence-corrected chi connectivity index (χ3v) is 4.21. The first-order valence-corrected chi connectivity index (χ1v) is 7.88. The first kappa shape index (κ1) is 16.6. The minimum absolute atomic E-state index is 0.130. The lowest BCUT2D eigenvalue weighted by Crippen LogP contribution is -2.02. The number of nitrogens with zero attached hydrogens (tertiary/aromatic N) is 1. The van der Waals surface area contributed by atoms with Gasteiger partial charge in [-0.3, -0.25) is 0 Å². The third-order valence-electron chi connectivity index (χ3n) is 3.50. The molecule has 0 radical (unpaired) electrons. The van der Waals surface area contributed by atoms with E-state index in [2.05, 4.69) is 4.98 Å². The van der Waals surface area contributed by atoms with Gasteiger partial charge in [-0.2, -0.15) is 0 Å². The number of benzene rings is 2. The van der Waals surface area contributed by atoms with Gasteiger partial charge in [0.1, 0.15) is 12.4 Å². The number of nitrogen functional groups attached to an aromatic ring is 1. The Balaban J connectivity index is 1.89. The standard InChI is InChI=1S/C18H13Cl2FN2O/c19-14-5-3-6-15(20)13(14)10-24-17-8-11(9-23-18(17)22)12-4-1-2-7-16(12)21/h1-9H,10H2,(H2,22,23). The highest BCUT2D eigenvalue weighted by Gasteiger charge is 2.11. The van der Waals surface area contributed by atoms with E-state index in [1.54, 1.807) is 42.5 Å². The van der Waals surface area contributed by atoms with Gasteiger partial charge in [0.15, 0.2) is 11.6 Å². The Morgan fingerprint density at radius 1 is 1.04 bits per heavy atom. The first-order chi connectivity index (χ1) is 11.6. The Hall–Kier alpha value is -2.30. The van der Waals surface area contributed by atoms with Crippen LogP contribution in [-0.2, 0) is 6.61 Å². The molecule has 0 spiro atoms. The predicted molar refractivity (Wildman–Crippen MR) is 94.8 cm³/mol. The second kappa shape index (κ2) is 7.07. The maximum Gasteiger partial charge on any atom is 0.166 e. The highest BCUT2D eigenvalue weighted by Crippen LogP contribution is 2.31. The normalized spacial score (nSPS) is 10.6. The fourth-order valence-corrected chi connectivity index (χ4v) is 2.74. The van der Waals surface area contributed by atoms with E-state index in [1.165, 1.54) is 12.3 Å². The highest BCUT2D eigenvalue weighted by molar-refractivity contribution is 6.35. The molecule has 1 heterocycles. The van der Waals surface area contributed by atoms with E-state index in [1.807, 2.05) is 0 Å². The first-order valence-electron chi connectivity index (χ1n) is 7.12. The largest absolute Gasteiger partial charge is 0.485 e. The molecule has 0 atom stereocenters. The van der Waals surface area contributed by atoms with Crippen LogP contribution >= 0.6 is 23.2 Å². The molecule has 0 aliphatic carbocycles. The second-order valence-corrected chi connectivity index (χ2v) is 5.89. The minimum Gasteiger partial charge on any atom is -0.485 e. The summed E-state index contributed by atoms with van der Waals surface area (Å²) in [4.78, 5) is 4.07. The van der Waals surface area contributed by atoms with Crippen LogP contribution in [0.4, 0.5) is 10.2 Å². The number of nitrogens with two attached hydrogens (primary N) is 1. The summed E-state index contributed by atoms with van der Waals surface area (Å²) in [6.45, 7) is 0.130. The van der Waals surface area contributed by atoms with E-state index in [4.69, 9.17) is 33.7 Å². The summed E-state index contributed by atoms with van der Waals surface area (Å²) in [7, 11) is 0. The molecule has 1 aromatic heterocycles. The van der Waals surface area contributed by atoms with Crippen LogP contribution in [0.15, 0.2) is 54.7 Å². The van der Waals surface area contributed by atoms with Gasteiger partial charge in [0.25, 0.3) is 0 Å². The Bertz CT molecular complexity index is 866. The van der Waals surface area contributed by atoms with Gasteiger partial charge in [0.05, 0.1) is 0 Å². The molecular formula is C18H13Cl2FN2O. The number of pyridine rings is 1. The highest BCUT2D eigenvalue weighted by atomic mass is 35.5. The fraction of sp³-hybridized carbons (Fsp3) is 0.0556. The molecule has 0 aliphatic heterocycles. The molecule has 2 N–H and O–H groups in total. The average Bonchev–Trinajstić information content (AvgIpc) is 2.56. The third kappa shape index (κ3) is 3.45. The predicted octanol–water partition coefficient (Wildman–Crippen LogP) is 5.36. The monoisotopic (exact) mass is 362 g/mol. The fourth-order valence-electron chi connectivity index (χ4n) is 2.23. The van der Waals surface area contributed by atoms with Crippen LogP contribution in [0, 0.1) is 5.82 Å². The number of aromatic nitrogens is 1. The van der Waals surface area contributed by atoms with Gasteiger partial charge in [0, 0.05) is 32.9 Å². The molecule has 3 nitrogen and oxygen atoms in total. The Morgan fingerprint density at radius 2 is 1.75 bits per heavy atom. The van der Waals surface area contributed by atoms with Crippen molar-refractivity contribution in [3.63, 3.8) is 0 Å². The molecule has 0 amide bonds. The van der Waals surface area contributed by atoms with E-state index in [9.17, 15) is 4.39 Å². The van der Waals surface area contributed by atoms with Crippen molar-refractivity contribution in [3.05, 3.63) is 76.2 Å². The topological polar surface area (TPSA) is 48.1 Å². The molecule has 3 rings (SSSR count). The molecular weight excluding hydrogens is 350 g/mol. The molecule has 6 heteroatoms. The smallest absolute Gasteiger partial charge is 0.166 e. The van der Waals surface area contributed by atoms with Crippen LogP contribution in [0.25, 0.3) is 11.1 Å². The zero-order chi connectivity index (χ0) is 17.1. The lowest BCUT2D eigenvalue weighted by molar-refractivity contribution is 0.307. The van der Waals surface area contributed by atoms with Gasteiger partial charge >= 0.3 is 0 Å². The van der Waals surface area contributed by atoms with Gasteiger partial charge in [-0.05, 0) is 24.3 Å². The van der Waals surface area contributed by atoms with Crippen molar-refractivity contribution in [1.29, 1.82) is 0 Å². The number of anilines is 1. The minimum atomic E-state index is -0.343. The number of hydrogen-bond acceptors (Lipinski definition) is 3. The molecule has 0 aliphatic rings. The van der Waals surface area contributed by atoms with Crippen molar-refractivity contribution in [1.82, 2.24) is 4.98 Å². The van der Waals surface area contributed by atoms with Crippen LogP contribution in [0.2, 0.25) is 10.0 Å². The number of hydrogen-bond donors (Lipinski definition) is 1. The quantitative estimate of drug-likeness (QED) is 0.679. The van der Waals surface area contributed by atoms with Crippen LogP contribution in [0.1, 0.15) is 5.56 Å². The zero-order valence-corrected chi connectivity index (χ0v) is 14.0. The lowest BCUT2D eigenvalue weighted by Gasteiger charge is -2.12. The van der Waals surface area contributed by atoms with Crippen molar-refractivity contribution in [2.45, 2.75) is 6.61 Å². The molecule has 0 bridgehead atoms. The zero-order valence-electron chi connectivity index (χ0n) is 12.5. The Labute approximate surface area is 148 Å². The van der Waals surface area contributed by atoms with Gasteiger partial charge in [-0.15, -0.1) is 0 Å². The van der Waals surface area contributed by atoms with E-state index >= 15 is 0 Å². The summed E-state index contributed by atoms with van der Waals surface area (Å²) >= 11 is 12.2. The molecule has 3 aromatic rings. The Kier molecular flexibility index (Phi) is 4.88. The summed E-state index contributed by atoms with van der Waals surface area (Å²) in [5.74, 6) is 0.203. The van der Waals surface area contributed by atoms with Gasteiger partial charge in [-0.1, -0.05) is 47.5 Å². The molecule has 2 aromatic carbocycles. The molecule has 0 unspecified atom stereocenters. The molecule has 0 saturated heterocycles. The van der Waals surface area contributed by atoms with Gasteiger partial charge < -0.3 is 10.5 Å². The average molecular weight is 363 g/mol. The Morgan fingerprint density at radius 3 is 2.46 bits per heavy atom. The van der Waals surface area contributed by atoms with E-state index < -0.39 is 0 Å². The summed E-state index contributed by atoms with van der Waals surface area (Å²) in [5, 5.41) is 0.999. The van der Waals surface area contributed by atoms with Crippen LogP contribution < -0.4 is 10.5 Å². The molecule has 0 fully saturated rings. The number of halogens is 3. The summed E-state index contributed by atoms with van der Waals surface area (Å²) < 4.78 is 19.6. The van der Waals surface area contributed by atoms with Crippen molar-refractivity contribution >= 4 is 29.0 Å². The maximum absolute atomic E-state index is 13.9. The van der Waals surface area contributed by atoms with Crippen LogP contribution in [0.5, 0.6) is 5.75 Å². The van der Waals surface area contributed by atoms with E-state index in [0.717, 1.165) is 0 Å². The van der Waals surface area contributed by atoms with Crippen LogP contribution in [0.3, 0.4) is 0 Å². The number of ether oxygens (including phenoxy) is 1. The van der Waals surface area contributed by atoms with Crippen molar-refractivity contribution in [2.75, 3.05) is 5.73 Å².